The summed E-state index contributed by atoms with van der Waals surface area (Å²) in [5.41, 5.74) is 7.15. The van der Waals surface area contributed by atoms with E-state index in [1.807, 2.05) is 0 Å². The molecule has 0 fully saturated rings. The Bertz CT molecular complexity index is 506. The summed E-state index contributed by atoms with van der Waals surface area (Å²) in [6.07, 6.45) is 1.61. The van der Waals surface area contributed by atoms with Gasteiger partial charge in [-0.3, -0.25) is 9.89 Å². The second-order valence-corrected chi connectivity index (χ2v) is 3.25. The van der Waals surface area contributed by atoms with E-state index in [-0.39, 0.29) is 0 Å². The van der Waals surface area contributed by atoms with E-state index < -0.39 is 5.91 Å². The SMILES string of the molecule is COc1ccc(C(N)=O)c(-c2ccn[nH]2)c1. The highest BCUT2D eigenvalue weighted by atomic mass is 16.5. The highest BCUT2D eigenvalue weighted by molar-refractivity contribution is 5.99. The number of hydrogen-bond acceptors (Lipinski definition) is 3. The number of carbonyl (C=O) groups is 1. The number of aromatic nitrogens is 2. The smallest absolute Gasteiger partial charge is 0.249 e. The molecule has 0 aliphatic heterocycles. The fourth-order valence-electron chi connectivity index (χ4n) is 1.49. The largest absolute Gasteiger partial charge is 0.497 e. The molecule has 1 amide bonds. The fourth-order valence-corrected chi connectivity index (χ4v) is 1.49. The molecule has 16 heavy (non-hydrogen) atoms. The van der Waals surface area contributed by atoms with Crippen molar-refractivity contribution < 1.29 is 9.53 Å². The van der Waals surface area contributed by atoms with E-state index in [2.05, 4.69) is 10.2 Å². The molecule has 0 aliphatic rings. The van der Waals surface area contributed by atoms with Crippen molar-refractivity contribution in [3.05, 3.63) is 36.0 Å². The van der Waals surface area contributed by atoms with Gasteiger partial charge in [-0.2, -0.15) is 5.10 Å². The van der Waals surface area contributed by atoms with E-state index in [1.54, 1.807) is 37.6 Å². The maximum Gasteiger partial charge on any atom is 0.249 e. The molecule has 0 unspecified atom stereocenters. The quantitative estimate of drug-likeness (QED) is 0.810. The molecule has 0 saturated carbocycles. The molecule has 82 valence electrons. The first-order chi connectivity index (χ1) is 7.72. The van der Waals surface area contributed by atoms with Crippen molar-refractivity contribution >= 4 is 5.91 Å². The van der Waals surface area contributed by atoms with E-state index >= 15 is 0 Å². The average molecular weight is 217 g/mol. The van der Waals surface area contributed by atoms with Crippen LogP contribution in [0.25, 0.3) is 11.3 Å². The van der Waals surface area contributed by atoms with Gasteiger partial charge in [-0.05, 0) is 24.3 Å². The van der Waals surface area contributed by atoms with Gasteiger partial charge in [-0.1, -0.05) is 0 Å². The van der Waals surface area contributed by atoms with Gasteiger partial charge in [0.05, 0.1) is 12.8 Å². The maximum absolute atomic E-state index is 11.3. The van der Waals surface area contributed by atoms with Crippen LogP contribution in [0.5, 0.6) is 5.75 Å². The van der Waals surface area contributed by atoms with Crippen LogP contribution < -0.4 is 10.5 Å². The molecule has 0 radical (unpaired) electrons. The lowest BCUT2D eigenvalue weighted by molar-refractivity contribution is 0.100. The van der Waals surface area contributed by atoms with Crippen LogP contribution in [-0.4, -0.2) is 23.2 Å². The van der Waals surface area contributed by atoms with Gasteiger partial charge in [0.15, 0.2) is 0 Å². The molecule has 0 aliphatic carbocycles. The molecule has 2 rings (SSSR count). The van der Waals surface area contributed by atoms with Gasteiger partial charge in [-0.25, -0.2) is 0 Å². The second-order valence-electron chi connectivity index (χ2n) is 3.25. The summed E-state index contributed by atoms with van der Waals surface area (Å²) in [6.45, 7) is 0. The van der Waals surface area contributed by atoms with Crippen molar-refractivity contribution in [2.75, 3.05) is 7.11 Å². The number of aromatic amines is 1. The first-order valence-corrected chi connectivity index (χ1v) is 4.70. The number of ether oxygens (including phenoxy) is 1. The lowest BCUT2D eigenvalue weighted by atomic mass is 10.0. The van der Waals surface area contributed by atoms with Gasteiger partial charge in [0.1, 0.15) is 5.75 Å². The molecule has 1 heterocycles. The third-order valence-corrected chi connectivity index (χ3v) is 2.28. The van der Waals surface area contributed by atoms with Crippen molar-refractivity contribution in [2.45, 2.75) is 0 Å². The maximum atomic E-state index is 11.3. The zero-order valence-electron chi connectivity index (χ0n) is 8.73. The molecular formula is C11H11N3O2. The van der Waals surface area contributed by atoms with E-state index in [4.69, 9.17) is 10.5 Å². The van der Waals surface area contributed by atoms with Gasteiger partial charge in [0, 0.05) is 17.3 Å². The molecule has 1 aromatic carbocycles. The minimum Gasteiger partial charge on any atom is -0.497 e. The monoisotopic (exact) mass is 217 g/mol. The fraction of sp³-hybridized carbons (Fsp3) is 0.0909. The van der Waals surface area contributed by atoms with E-state index in [1.165, 1.54) is 0 Å². The third-order valence-electron chi connectivity index (χ3n) is 2.28. The Morgan fingerprint density at radius 1 is 1.44 bits per heavy atom. The third kappa shape index (κ3) is 1.75. The normalized spacial score (nSPS) is 10.1. The lowest BCUT2D eigenvalue weighted by Crippen LogP contribution is -2.12. The summed E-state index contributed by atoms with van der Waals surface area (Å²) in [6, 6.07) is 6.84. The van der Waals surface area contributed by atoms with E-state index in [0.29, 0.717) is 16.9 Å². The van der Waals surface area contributed by atoms with Crippen LogP contribution in [0, 0.1) is 0 Å². The van der Waals surface area contributed by atoms with Crippen LogP contribution in [0.4, 0.5) is 0 Å². The predicted molar refractivity (Wildman–Crippen MR) is 59.1 cm³/mol. The van der Waals surface area contributed by atoms with E-state index in [9.17, 15) is 4.79 Å². The van der Waals surface area contributed by atoms with Crippen LogP contribution in [0.2, 0.25) is 0 Å². The highest BCUT2D eigenvalue weighted by Crippen LogP contribution is 2.26. The topological polar surface area (TPSA) is 81.0 Å². The van der Waals surface area contributed by atoms with Gasteiger partial charge in [0.2, 0.25) is 5.91 Å². The van der Waals surface area contributed by atoms with Crippen LogP contribution in [-0.2, 0) is 0 Å². The van der Waals surface area contributed by atoms with Crippen molar-refractivity contribution in [2.24, 2.45) is 5.73 Å². The number of H-pyrrole nitrogens is 1. The summed E-state index contributed by atoms with van der Waals surface area (Å²) >= 11 is 0. The number of primary amides is 1. The molecular weight excluding hydrogens is 206 g/mol. The van der Waals surface area contributed by atoms with Crippen LogP contribution in [0.15, 0.2) is 30.5 Å². The summed E-state index contributed by atoms with van der Waals surface area (Å²) in [4.78, 5) is 11.3. The summed E-state index contributed by atoms with van der Waals surface area (Å²) in [7, 11) is 1.57. The first-order valence-electron chi connectivity index (χ1n) is 4.70. The number of carbonyl (C=O) groups excluding carboxylic acids is 1. The molecule has 2 aromatic rings. The summed E-state index contributed by atoms with van der Waals surface area (Å²) in [5, 5.41) is 6.62. The van der Waals surface area contributed by atoms with Crippen LogP contribution in [0.3, 0.4) is 0 Å². The Morgan fingerprint density at radius 2 is 2.25 bits per heavy atom. The minimum absolute atomic E-state index is 0.435. The average Bonchev–Trinajstić information content (AvgIpc) is 2.81. The van der Waals surface area contributed by atoms with Gasteiger partial charge in [-0.15, -0.1) is 0 Å². The zero-order valence-corrected chi connectivity index (χ0v) is 8.73. The van der Waals surface area contributed by atoms with Crippen LogP contribution >= 0.6 is 0 Å². The Labute approximate surface area is 92.2 Å². The van der Waals surface area contributed by atoms with Crippen molar-refractivity contribution in [1.29, 1.82) is 0 Å². The molecule has 5 heteroatoms. The molecule has 5 nitrogen and oxygen atoms in total. The second kappa shape index (κ2) is 4.06. The number of hydrogen-bond donors (Lipinski definition) is 2. The van der Waals surface area contributed by atoms with Gasteiger partial charge in [0.25, 0.3) is 0 Å². The van der Waals surface area contributed by atoms with E-state index in [0.717, 1.165) is 5.69 Å². The number of nitrogens with zero attached hydrogens (tertiary/aromatic N) is 1. The minimum atomic E-state index is -0.479. The molecule has 0 saturated heterocycles. The number of nitrogens with two attached hydrogens (primary N) is 1. The number of benzene rings is 1. The summed E-state index contributed by atoms with van der Waals surface area (Å²) in [5.74, 6) is 0.182. The number of nitrogens with one attached hydrogen (secondary N) is 1. The van der Waals surface area contributed by atoms with Crippen molar-refractivity contribution in [1.82, 2.24) is 10.2 Å². The Morgan fingerprint density at radius 3 is 2.81 bits per heavy atom. The number of amides is 1. The van der Waals surface area contributed by atoms with Gasteiger partial charge < -0.3 is 10.5 Å². The lowest BCUT2D eigenvalue weighted by Gasteiger charge is -2.07. The number of methoxy groups -OCH3 is 1. The standard InChI is InChI=1S/C11H11N3O2/c1-16-7-2-3-8(11(12)15)9(6-7)10-4-5-13-14-10/h2-6H,1H3,(H2,12,15)(H,13,14). The van der Waals surface area contributed by atoms with Gasteiger partial charge >= 0.3 is 0 Å². The molecule has 0 spiro atoms. The first kappa shape index (κ1) is 10.2. The number of rotatable bonds is 3. The Kier molecular flexibility index (Phi) is 2.59. The molecule has 1 aromatic heterocycles. The van der Waals surface area contributed by atoms with Crippen molar-refractivity contribution in [3.63, 3.8) is 0 Å². The molecule has 0 atom stereocenters. The Balaban J connectivity index is 2.59. The molecule has 3 N–H and O–H groups in total. The Hall–Kier alpha value is -2.30. The zero-order chi connectivity index (χ0) is 11.5. The van der Waals surface area contributed by atoms with Crippen molar-refractivity contribution in [3.8, 4) is 17.0 Å². The summed E-state index contributed by atoms with van der Waals surface area (Å²) < 4.78 is 5.10. The van der Waals surface area contributed by atoms with Crippen LogP contribution in [0.1, 0.15) is 10.4 Å². The highest BCUT2D eigenvalue weighted by Gasteiger charge is 2.11. The molecule has 0 bridgehead atoms. The predicted octanol–water partition coefficient (Wildman–Crippen LogP) is 1.18.